The van der Waals surface area contributed by atoms with Crippen LogP contribution >= 0.6 is 0 Å². The van der Waals surface area contributed by atoms with Gasteiger partial charge in [0.2, 0.25) is 5.88 Å². The number of hydrogen-bond donors (Lipinski definition) is 1. The monoisotopic (exact) mass is 484 g/mol. The zero-order valence-corrected chi connectivity index (χ0v) is 20.1. The molecule has 35 heavy (non-hydrogen) atoms. The number of halogens is 2. The molecule has 0 radical (unpaired) electrons. The van der Waals surface area contributed by atoms with Gasteiger partial charge >= 0.3 is 6.03 Å². The molecule has 1 fully saturated rings. The summed E-state index contributed by atoms with van der Waals surface area (Å²) < 4.78 is 41.4. The number of ether oxygens (including phenoxy) is 2. The molecule has 1 aliphatic rings. The second-order valence-electron chi connectivity index (χ2n) is 8.91. The molecule has 9 heteroatoms. The minimum Gasteiger partial charge on any atom is -0.435 e. The van der Waals surface area contributed by atoms with Crippen LogP contribution in [0, 0.1) is 18.6 Å². The number of carbonyl (C=O) groups excluding carboxylic acids is 1. The van der Waals surface area contributed by atoms with Gasteiger partial charge in [-0.25, -0.2) is 18.3 Å². The van der Waals surface area contributed by atoms with Crippen molar-refractivity contribution in [1.29, 1.82) is 0 Å². The first-order valence-corrected chi connectivity index (χ1v) is 11.8. The number of nitrogens with one attached hydrogen (secondary N) is 1. The normalized spacial score (nSPS) is 15.4. The molecule has 1 saturated heterocycles. The molecule has 4 rings (SSSR count). The highest BCUT2D eigenvalue weighted by atomic mass is 19.1. The lowest BCUT2D eigenvalue weighted by atomic mass is 10.2. The third-order valence-corrected chi connectivity index (χ3v) is 5.73. The Kier molecular flexibility index (Phi) is 7.65. The fraction of sp³-hybridized carbons (Fsp3) is 0.385. The van der Waals surface area contributed by atoms with Crippen LogP contribution in [0.2, 0.25) is 0 Å². The maximum atomic E-state index is 14.5. The highest BCUT2D eigenvalue weighted by molar-refractivity contribution is 5.74. The second-order valence-corrected chi connectivity index (χ2v) is 8.91. The summed E-state index contributed by atoms with van der Waals surface area (Å²) in [4.78, 5) is 14.8. The Hall–Kier alpha value is -3.46. The van der Waals surface area contributed by atoms with Crippen LogP contribution in [-0.4, -0.2) is 46.0 Å². The van der Waals surface area contributed by atoms with Gasteiger partial charge in [-0.2, -0.15) is 5.10 Å². The summed E-state index contributed by atoms with van der Waals surface area (Å²) in [7, 11) is 0. The number of para-hydroxylation sites is 1. The Bertz CT molecular complexity index is 1160. The number of urea groups is 1. The Morgan fingerprint density at radius 2 is 2.03 bits per heavy atom. The number of nitrogens with zero attached hydrogens (tertiary/aromatic N) is 3. The highest BCUT2D eigenvalue weighted by Crippen LogP contribution is 2.33. The predicted molar refractivity (Wildman–Crippen MR) is 128 cm³/mol. The standard InChI is InChI=1S/C26H30F2N4O3/c1-17(2)29-26(33)31(15-21-10-7-13-34-21)16-22-18(3)30-32(20-8-5-4-6-9-20)25(22)35-24-12-11-19(27)14-23(24)28/h4-6,8-9,11-12,14,17,21H,7,10,13,15-16H2,1-3H3,(H,29,33)/t21-/m0/s1. The first-order chi connectivity index (χ1) is 16.8. The number of carbonyl (C=O) groups is 1. The van der Waals surface area contributed by atoms with E-state index in [4.69, 9.17) is 9.47 Å². The summed E-state index contributed by atoms with van der Waals surface area (Å²) in [6.45, 7) is 6.86. The fourth-order valence-corrected chi connectivity index (χ4v) is 4.01. The summed E-state index contributed by atoms with van der Waals surface area (Å²) in [6, 6.07) is 12.1. The Balaban J connectivity index is 1.73. The van der Waals surface area contributed by atoms with Crippen molar-refractivity contribution in [1.82, 2.24) is 20.0 Å². The predicted octanol–water partition coefficient (Wildman–Crippen LogP) is 5.35. The van der Waals surface area contributed by atoms with E-state index in [1.165, 1.54) is 6.07 Å². The molecule has 0 bridgehead atoms. The lowest BCUT2D eigenvalue weighted by Gasteiger charge is -2.27. The van der Waals surface area contributed by atoms with Crippen LogP contribution in [0.25, 0.3) is 5.69 Å². The highest BCUT2D eigenvalue weighted by Gasteiger charge is 2.28. The average Bonchev–Trinajstić information content (AvgIpc) is 3.44. The van der Waals surface area contributed by atoms with Crippen molar-refractivity contribution in [3.8, 4) is 17.3 Å². The van der Waals surface area contributed by atoms with Gasteiger partial charge in [0.05, 0.1) is 29.6 Å². The van der Waals surface area contributed by atoms with Gasteiger partial charge < -0.3 is 19.7 Å². The molecule has 186 valence electrons. The van der Waals surface area contributed by atoms with E-state index in [0.29, 0.717) is 30.1 Å². The number of hydrogen-bond acceptors (Lipinski definition) is 4. The van der Waals surface area contributed by atoms with Gasteiger partial charge in [-0.1, -0.05) is 18.2 Å². The van der Waals surface area contributed by atoms with Crippen LogP contribution in [0.4, 0.5) is 13.6 Å². The van der Waals surface area contributed by atoms with Crippen molar-refractivity contribution in [3.05, 3.63) is 71.4 Å². The van der Waals surface area contributed by atoms with E-state index in [0.717, 1.165) is 25.0 Å². The topological polar surface area (TPSA) is 68.6 Å². The van der Waals surface area contributed by atoms with Gasteiger partial charge in [-0.05, 0) is 57.9 Å². The van der Waals surface area contributed by atoms with Crippen LogP contribution in [-0.2, 0) is 11.3 Å². The molecule has 1 N–H and O–H groups in total. The molecule has 0 spiro atoms. The Morgan fingerprint density at radius 1 is 1.26 bits per heavy atom. The van der Waals surface area contributed by atoms with Crippen LogP contribution in [0.1, 0.15) is 37.9 Å². The van der Waals surface area contributed by atoms with E-state index < -0.39 is 11.6 Å². The van der Waals surface area contributed by atoms with Crippen molar-refractivity contribution in [2.24, 2.45) is 0 Å². The Morgan fingerprint density at radius 3 is 2.69 bits per heavy atom. The average molecular weight is 485 g/mol. The number of benzene rings is 2. The van der Waals surface area contributed by atoms with Crippen molar-refractivity contribution >= 4 is 6.03 Å². The molecule has 7 nitrogen and oxygen atoms in total. The van der Waals surface area contributed by atoms with Crippen LogP contribution in [0.5, 0.6) is 11.6 Å². The second kappa shape index (κ2) is 10.9. The lowest BCUT2D eigenvalue weighted by molar-refractivity contribution is 0.0789. The Labute approximate surface area is 203 Å². The maximum absolute atomic E-state index is 14.5. The summed E-state index contributed by atoms with van der Waals surface area (Å²) in [6.07, 6.45) is 1.77. The lowest BCUT2D eigenvalue weighted by Crippen LogP contribution is -2.45. The molecule has 0 saturated carbocycles. The van der Waals surface area contributed by atoms with Crippen LogP contribution < -0.4 is 10.1 Å². The van der Waals surface area contributed by atoms with Crippen LogP contribution in [0.15, 0.2) is 48.5 Å². The van der Waals surface area contributed by atoms with E-state index in [1.54, 1.807) is 9.58 Å². The molecular weight excluding hydrogens is 454 g/mol. The molecule has 2 aromatic carbocycles. The zero-order valence-electron chi connectivity index (χ0n) is 20.1. The van der Waals surface area contributed by atoms with E-state index in [2.05, 4.69) is 10.4 Å². The van der Waals surface area contributed by atoms with Gasteiger partial charge in [0, 0.05) is 25.3 Å². The van der Waals surface area contributed by atoms with Crippen molar-refractivity contribution in [2.45, 2.75) is 52.3 Å². The van der Waals surface area contributed by atoms with E-state index in [9.17, 15) is 13.6 Å². The fourth-order valence-electron chi connectivity index (χ4n) is 4.01. The first kappa shape index (κ1) is 24.7. The molecule has 0 aliphatic carbocycles. The molecule has 2 heterocycles. The summed E-state index contributed by atoms with van der Waals surface area (Å²) in [5.41, 5.74) is 1.95. The van der Waals surface area contributed by atoms with Crippen molar-refractivity contribution < 1.29 is 23.0 Å². The molecule has 2 amide bonds. The van der Waals surface area contributed by atoms with Gasteiger partial charge in [-0.15, -0.1) is 0 Å². The molecular formula is C26H30F2N4O3. The number of amides is 2. The van der Waals surface area contributed by atoms with Gasteiger partial charge in [0.25, 0.3) is 0 Å². The third-order valence-electron chi connectivity index (χ3n) is 5.73. The molecule has 0 unspecified atom stereocenters. The molecule has 3 aromatic rings. The molecule has 1 atom stereocenters. The van der Waals surface area contributed by atoms with Crippen molar-refractivity contribution in [3.63, 3.8) is 0 Å². The van der Waals surface area contributed by atoms with Crippen molar-refractivity contribution in [2.75, 3.05) is 13.2 Å². The maximum Gasteiger partial charge on any atom is 0.317 e. The van der Waals surface area contributed by atoms with E-state index in [-0.39, 0.29) is 36.4 Å². The molecule has 1 aromatic heterocycles. The summed E-state index contributed by atoms with van der Waals surface area (Å²) in [5, 5.41) is 7.58. The quantitative estimate of drug-likeness (QED) is 0.468. The zero-order chi connectivity index (χ0) is 24.9. The number of aryl methyl sites for hydroxylation is 1. The van der Waals surface area contributed by atoms with Gasteiger partial charge in [0.15, 0.2) is 11.6 Å². The minimum absolute atomic E-state index is 0.0494. The SMILES string of the molecule is Cc1nn(-c2ccccc2)c(Oc2ccc(F)cc2F)c1CN(C[C@@H]1CCCO1)C(=O)NC(C)C. The summed E-state index contributed by atoms with van der Waals surface area (Å²) in [5.74, 6) is -1.41. The van der Waals surface area contributed by atoms with Crippen LogP contribution in [0.3, 0.4) is 0 Å². The number of aromatic nitrogens is 2. The third kappa shape index (κ3) is 5.97. The van der Waals surface area contributed by atoms with E-state index in [1.807, 2.05) is 51.1 Å². The first-order valence-electron chi connectivity index (χ1n) is 11.8. The minimum atomic E-state index is -0.830. The number of rotatable bonds is 8. The summed E-state index contributed by atoms with van der Waals surface area (Å²) >= 11 is 0. The largest absolute Gasteiger partial charge is 0.435 e. The van der Waals surface area contributed by atoms with E-state index >= 15 is 0 Å². The van der Waals surface area contributed by atoms with Gasteiger partial charge in [-0.3, -0.25) is 0 Å². The molecule has 1 aliphatic heterocycles. The smallest absolute Gasteiger partial charge is 0.317 e. The van der Waals surface area contributed by atoms with Gasteiger partial charge in [0.1, 0.15) is 5.82 Å².